The Bertz CT molecular complexity index is 826. The molecule has 1 aromatic carbocycles. The Balaban J connectivity index is 1.80. The van der Waals surface area contributed by atoms with Crippen LogP contribution in [0.1, 0.15) is 79.3 Å². The van der Waals surface area contributed by atoms with Gasteiger partial charge in [-0.15, -0.1) is 0 Å². The zero-order valence-electron chi connectivity index (χ0n) is 15.5. The van der Waals surface area contributed by atoms with Crippen molar-refractivity contribution < 1.29 is 27.1 Å². The number of ether oxygens (including phenoxy) is 1. The van der Waals surface area contributed by atoms with Crippen molar-refractivity contribution in [3.63, 3.8) is 0 Å². The molecule has 152 valence electrons. The predicted molar refractivity (Wildman–Crippen MR) is 100 cm³/mol. The van der Waals surface area contributed by atoms with Crippen LogP contribution in [0, 0.1) is 16.9 Å². The molecule has 0 radical (unpaired) electrons. The molecule has 2 nitrogen and oxygen atoms in total. The van der Waals surface area contributed by atoms with E-state index in [1.807, 2.05) is 12.1 Å². The summed E-state index contributed by atoms with van der Waals surface area (Å²) in [5.41, 5.74) is -0.136. The fourth-order valence-corrected chi connectivity index (χ4v) is 4.75. The van der Waals surface area contributed by atoms with Crippen molar-refractivity contribution in [2.75, 3.05) is 0 Å². The highest BCUT2D eigenvalue weighted by molar-refractivity contribution is 7.12. The van der Waals surface area contributed by atoms with E-state index in [0.29, 0.717) is 5.92 Å². The van der Waals surface area contributed by atoms with Crippen LogP contribution in [0.15, 0.2) is 24.3 Å². The minimum Gasteiger partial charge on any atom is -0.411 e. The average Bonchev–Trinajstić information content (AvgIpc) is 2.96. The summed E-state index contributed by atoms with van der Waals surface area (Å²) in [6, 6.07) is 6.88. The largest absolute Gasteiger partial charge is 0.411 e. The lowest BCUT2D eigenvalue weighted by Gasteiger charge is -2.29. The second-order valence-electron chi connectivity index (χ2n) is 7.17. The molecular formula is C21H22F4O2S. The molecule has 0 saturated heterocycles. The Morgan fingerprint density at radius 1 is 1.18 bits per heavy atom. The molecule has 1 aliphatic rings. The van der Waals surface area contributed by atoms with E-state index in [9.17, 15) is 22.4 Å². The van der Waals surface area contributed by atoms with Crippen molar-refractivity contribution in [2.45, 2.75) is 57.8 Å². The molecule has 0 bridgehead atoms. The number of hydrogen-bond donors (Lipinski definition) is 0. The zero-order chi connectivity index (χ0) is 20.3. The van der Waals surface area contributed by atoms with E-state index >= 15 is 0 Å². The third-order valence-corrected chi connectivity index (χ3v) is 6.23. The number of hydrogen-bond acceptors (Lipinski definition) is 3. The van der Waals surface area contributed by atoms with E-state index in [4.69, 9.17) is 4.74 Å². The van der Waals surface area contributed by atoms with Gasteiger partial charge in [-0.3, -0.25) is 0 Å². The summed E-state index contributed by atoms with van der Waals surface area (Å²) in [5, 5.41) is -2.14. The van der Waals surface area contributed by atoms with Crippen LogP contribution in [0.4, 0.5) is 17.6 Å². The van der Waals surface area contributed by atoms with Crippen LogP contribution in [0.2, 0.25) is 0 Å². The lowest BCUT2D eigenvalue weighted by Crippen LogP contribution is -2.18. The first-order valence-electron chi connectivity index (χ1n) is 9.49. The first-order valence-corrected chi connectivity index (χ1v) is 10.3. The summed E-state index contributed by atoms with van der Waals surface area (Å²) in [6.45, 7) is 2.17. The van der Waals surface area contributed by atoms with Crippen LogP contribution in [0.3, 0.4) is 0 Å². The lowest BCUT2D eigenvalue weighted by molar-refractivity contribution is 0.0726. The molecule has 0 unspecified atom stereocenters. The molecule has 1 heterocycles. The Morgan fingerprint density at radius 3 is 2.50 bits per heavy atom. The van der Waals surface area contributed by atoms with Crippen LogP contribution in [0.25, 0.3) is 0 Å². The number of carbonyl (C=O) groups excluding carboxylic acids is 1. The predicted octanol–water partition coefficient (Wildman–Crippen LogP) is 7.26. The maximum atomic E-state index is 13.6. The highest BCUT2D eigenvalue weighted by Crippen LogP contribution is 2.41. The maximum absolute atomic E-state index is 13.6. The maximum Gasteiger partial charge on any atom is 0.344 e. The molecule has 7 heteroatoms. The standard InChI is InChI=1S/C21H22F4O2S/c1-2-5-12-8-10-13(11-9-12)14-6-3-4-7-15(14)20(26)27-21-16(18(23)24)17(22)19(25)28-21/h3-4,6-7,12-13,18H,2,5,8-11H2,1H3/t12-,13-. The molecular weight excluding hydrogens is 392 g/mol. The summed E-state index contributed by atoms with van der Waals surface area (Å²) in [5.74, 6) is -1.64. The van der Waals surface area contributed by atoms with Gasteiger partial charge in [-0.2, -0.15) is 4.39 Å². The van der Waals surface area contributed by atoms with Gasteiger partial charge in [0, 0.05) is 0 Å². The molecule has 2 aromatic rings. The van der Waals surface area contributed by atoms with Crippen LogP contribution >= 0.6 is 11.3 Å². The van der Waals surface area contributed by atoms with Crippen molar-refractivity contribution in [1.82, 2.24) is 0 Å². The second-order valence-corrected chi connectivity index (χ2v) is 8.11. The number of rotatable bonds is 6. The molecule has 1 saturated carbocycles. The quantitative estimate of drug-likeness (QED) is 0.367. The molecule has 3 rings (SSSR count). The first kappa shape index (κ1) is 20.8. The van der Waals surface area contributed by atoms with Crippen LogP contribution < -0.4 is 4.74 Å². The molecule has 28 heavy (non-hydrogen) atoms. The van der Waals surface area contributed by atoms with E-state index < -0.39 is 34.0 Å². The second kappa shape index (κ2) is 9.07. The van der Waals surface area contributed by atoms with Crippen LogP contribution in [-0.2, 0) is 0 Å². The van der Waals surface area contributed by atoms with Gasteiger partial charge in [0.25, 0.3) is 6.43 Å². The van der Waals surface area contributed by atoms with E-state index in [1.165, 1.54) is 6.42 Å². The van der Waals surface area contributed by atoms with Crippen LogP contribution in [0.5, 0.6) is 5.06 Å². The molecule has 1 fully saturated rings. The molecule has 0 amide bonds. The highest BCUT2D eigenvalue weighted by Gasteiger charge is 2.30. The molecule has 0 atom stereocenters. The van der Waals surface area contributed by atoms with Gasteiger partial charge in [0.05, 0.1) is 5.56 Å². The number of carbonyl (C=O) groups is 1. The van der Waals surface area contributed by atoms with E-state index in [-0.39, 0.29) is 22.8 Å². The van der Waals surface area contributed by atoms with E-state index in [1.54, 1.807) is 12.1 Å². The summed E-state index contributed by atoms with van der Waals surface area (Å²) < 4.78 is 58.0. The lowest BCUT2D eigenvalue weighted by atomic mass is 9.76. The minimum atomic E-state index is -3.27. The number of halogens is 4. The number of esters is 1. The van der Waals surface area contributed by atoms with Crippen molar-refractivity contribution in [3.05, 3.63) is 51.9 Å². The van der Waals surface area contributed by atoms with Gasteiger partial charge in [0.15, 0.2) is 10.9 Å². The van der Waals surface area contributed by atoms with Gasteiger partial charge >= 0.3 is 5.97 Å². The van der Waals surface area contributed by atoms with Crippen LogP contribution in [-0.4, -0.2) is 5.97 Å². The summed E-state index contributed by atoms with van der Waals surface area (Å²) in [7, 11) is 0. The Kier molecular flexibility index (Phi) is 6.75. The summed E-state index contributed by atoms with van der Waals surface area (Å²) >= 11 is 0.0748. The zero-order valence-corrected chi connectivity index (χ0v) is 16.3. The van der Waals surface area contributed by atoms with Gasteiger partial charge in [0.2, 0.25) is 5.13 Å². The smallest absolute Gasteiger partial charge is 0.344 e. The number of benzene rings is 1. The van der Waals surface area contributed by atoms with Crippen molar-refractivity contribution in [1.29, 1.82) is 0 Å². The Morgan fingerprint density at radius 2 is 1.86 bits per heavy atom. The monoisotopic (exact) mass is 414 g/mol. The van der Waals surface area contributed by atoms with Gasteiger partial charge in [-0.25, -0.2) is 18.0 Å². The van der Waals surface area contributed by atoms with E-state index in [2.05, 4.69) is 6.92 Å². The summed E-state index contributed by atoms with van der Waals surface area (Å²) in [6.07, 6.45) is 3.13. The Hall–Kier alpha value is -1.89. The van der Waals surface area contributed by atoms with Gasteiger partial charge in [0.1, 0.15) is 5.56 Å². The number of alkyl halides is 2. The SMILES string of the molecule is CCC[C@H]1CC[C@H](c2ccccc2C(=O)Oc2sc(F)c(F)c2C(F)F)CC1. The molecule has 1 aliphatic carbocycles. The molecule has 0 spiro atoms. The summed E-state index contributed by atoms with van der Waals surface area (Å²) in [4.78, 5) is 12.6. The third-order valence-electron chi connectivity index (χ3n) is 5.38. The normalized spacial score (nSPS) is 19.8. The molecule has 0 N–H and O–H groups in total. The average molecular weight is 414 g/mol. The van der Waals surface area contributed by atoms with Crippen molar-refractivity contribution in [3.8, 4) is 5.06 Å². The molecule has 0 aliphatic heterocycles. The fourth-order valence-electron chi connectivity index (χ4n) is 3.99. The van der Waals surface area contributed by atoms with Gasteiger partial charge < -0.3 is 4.74 Å². The van der Waals surface area contributed by atoms with E-state index in [0.717, 1.165) is 37.7 Å². The van der Waals surface area contributed by atoms with Gasteiger partial charge in [-0.1, -0.05) is 49.3 Å². The fraction of sp³-hybridized carbons (Fsp3) is 0.476. The molecule has 1 aromatic heterocycles. The topological polar surface area (TPSA) is 26.3 Å². The third kappa shape index (κ3) is 4.40. The Labute approximate surface area is 165 Å². The van der Waals surface area contributed by atoms with Crippen molar-refractivity contribution in [2.24, 2.45) is 5.92 Å². The van der Waals surface area contributed by atoms with Gasteiger partial charge in [-0.05, 0) is 49.1 Å². The number of thiophene rings is 1. The highest BCUT2D eigenvalue weighted by atomic mass is 32.1. The minimum absolute atomic E-state index is 0.0748. The first-order chi connectivity index (χ1) is 13.4. The van der Waals surface area contributed by atoms with Crippen molar-refractivity contribution >= 4 is 17.3 Å².